The van der Waals surface area contributed by atoms with E-state index in [1.54, 1.807) is 37.3 Å². The summed E-state index contributed by atoms with van der Waals surface area (Å²) in [5.41, 5.74) is 0.589. The zero-order chi connectivity index (χ0) is 17.1. The lowest BCUT2D eigenvalue weighted by Crippen LogP contribution is -2.45. The molecule has 3 rings (SSSR count). The lowest BCUT2D eigenvalue weighted by molar-refractivity contribution is -0.119. The van der Waals surface area contributed by atoms with Crippen LogP contribution in [0.25, 0.3) is 0 Å². The van der Waals surface area contributed by atoms with E-state index >= 15 is 0 Å². The number of likely N-dealkylation sites (tertiary alicyclic amines) is 1. The van der Waals surface area contributed by atoms with E-state index in [9.17, 15) is 9.59 Å². The third-order valence-corrected chi connectivity index (χ3v) is 4.01. The topological polar surface area (TPSA) is 87.5 Å². The monoisotopic (exact) mass is 348 g/mol. The van der Waals surface area contributed by atoms with Crippen LogP contribution in [-0.2, 0) is 4.79 Å². The maximum atomic E-state index is 12.5. The van der Waals surface area contributed by atoms with Gasteiger partial charge in [-0.15, -0.1) is 0 Å². The van der Waals surface area contributed by atoms with Gasteiger partial charge in [-0.05, 0) is 38.0 Å². The molecular weight excluding hydrogens is 332 g/mol. The first-order valence-corrected chi connectivity index (χ1v) is 7.98. The second-order valence-electron chi connectivity index (χ2n) is 5.60. The molecule has 0 radical (unpaired) electrons. The highest BCUT2D eigenvalue weighted by Gasteiger charge is 2.34. The average molecular weight is 349 g/mol. The van der Waals surface area contributed by atoms with Gasteiger partial charge in [-0.2, -0.15) is 0 Å². The van der Waals surface area contributed by atoms with Crippen LogP contribution in [0.5, 0.6) is 0 Å². The van der Waals surface area contributed by atoms with Crippen molar-refractivity contribution in [2.45, 2.75) is 25.8 Å². The normalized spacial score (nSPS) is 16.9. The quantitative estimate of drug-likeness (QED) is 0.891. The van der Waals surface area contributed by atoms with Gasteiger partial charge in [-0.25, -0.2) is 4.79 Å². The Balaban J connectivity index is 1.65. The van der Waals surface area contributed by atoms with E-state index in [0.717, 1.165) is 6.42 Å². The van der Waals surface area contributed by atoms with E-state index < -0.39 is 6.04 Å². The van der Waals surface area contributed by atoms with Crippen molar-refractivity contribution in [3.63, 3.8) is 0 Å². The van der Waals surface area contributed by atoms with Gasteiger partial charge in [-0.1, -0.05) is 22.8 Å². The number of nitrogens with one attached hydrogen (secondary N) is 2. The summed E-state index contributed by atoms with van der Waals surface area (Å²) in [5.74, 6) is 0.675. The highest BCUT2D eigenvalue weighted by atomic mass is 35.5. The highest BCUT2D eigenvalue weighted by molar-refractivity contribution is 6.30. The Bertz CT molecular complexity index is 761. The molecule has 0 spiro atoms. The fraction of sp³-hybridized carbons (Fsp3) is 0.312. The lowest BCUT2D eigenvalue weighted by atomic mass is 10.2. The molecule has 1 aromatic carbocycles. The lowest BCUT2D eigenvalue weighted by Gasteiger charge is -2.23. The summed E-state index contributed by atoms with van der Waals surface area (Å²) in [6, 6.07) is 7.63. The number of amides is 3. The molecule has 1 saturated heterocycles. The van der Waals surface area contributed by atoms with Crippen LogP contribution in [-0.4, -0.2) is 34.6 Å². The minimum Gasteiger partial charge on any atom is -0.360 e. The summed E-state index contributed by atoms with van der Waals surface area (Å²) in [6.45, 7) is 2.26. The summed E-state index contributed by atoms with van der Waals surface area (Å²) in [6.07, 6.45) is 1.37. The van der Waals surface area contributed by atoms with Crippen molar-refractivity contribution in [1.29, 1.82) is 0 Å². The molecule has 1 aliphatic rings. The van der Waals surface area contributed by atoms with Crippen molar-refractivity contribution < 1.29 is 14.1 Å². The van der Waals surface area contributed by atoms with Gasteiger partial charge in [0, 0.05) is 23.3 Å². The van der Waals surface area contributed by atoms with E-state index in [4.69, 9.17) is 16.1 Å². The number of urea groups is 1. The van der Waals surface area contributed by atoms with E-state index in [-0.39, 0.29) is 11.9 Å². The Morgan fingerprint density at radius 1 is 1.33 bits per heavy atom. The van der Waals surface area contributed by atoms with Gasteiger partial charge >= 0.3 is 6.03 Å². The fourth-order valence-corrected chi connectivity index (χ4v) is 2.87. The molecule has 1 aromatic heterocycles. The number of nitrogens with zero attached hydrogens (tertiary/aromatic N) is 2. The number of hydrogen-bond donors (Lipinski definition) is 2. The van der Waals surface area contributed by atoms with Gasteiger partial charge in [0.05, 0.1) is 0 Å². The first-order chi connectivity index (χ1) is 11.5. The van der Waals surface area contributed by atoms with Crippen molar-refractivity contribution in [2.24, 2.45) is 0 Å². The second kappa shape index (κ2) is 6.92. The van der Waals surface area contributed by atoms with Crippen molar-refractivity contribution in [2.75, 3.05) is 17.2 Å². The number of benzene rings is 1. The molecule has 0 aliphatic carbocycles. The molecule has 0 unspecified atom stereocenters. The number of aromatic nitrogens is 1. The maximum absolute atomic E-state index is 12.5. The standard InChI is InChI=1S/C16H17ClN4O3/c1-10-8-14(20-24-10)19-15(22)13-6-3-7-21(13)16(23)18-12-5-2-4-11(17)9-12/h2,4-5,8-9,13H,3,6-7H2,1H3,(H,18,23)(H,19,20,22)/t13-/m0/s1. The molecule has 2 N–H and O–H groups in total. The predicted octanol–water partition coefficient (Wildman–Crippen LogP) is 3.27. The molecule has 0 bridgehead atoms. The van der Waals surface area contributed by atoms with Crippen LogP contribution in [0.2, 0.25) is 5.02 Å². The molecular formula is C16H17ClN4O3. The SMILES string of the molecule is Cc1cc(NC(=O)[C@@H]2CCCN2C(=O)Nc2cccc(Cl)c2)no1. The molecule has 24 heavy (non-hydrogen) atoms. The highest BCUT2D eigenvalue weighted by Crippen LogP contribution is 2.22. The molecule has 0 saturated carbocycles. The molecule has 1 fully saturated rings. The van der Waals surface area contributed by atoms with E-state index in [2.05, 4.69) is 15.8 Å². The Morgan fingerprint density at radius 2 is 2.17 bits per heavy atom. The summed E-state index contributed by atoms with van der Waals surface area (Å²) >= 11 is 5.91. The third-order valence-electron chi connectivity index (χ3n) is 3.77. The minimum absolute atomic E-state index is 0.276. The molecule has 3 amide bonds. The van der Waals surface area contributed by atoms with Crippen molar-refractivity contribution in [3.8, 4) is 0 Å². The Labute approximate surface area is 143 Å². The fourth-order valence-electron chi connectivity index (χ4n) is 2.68. The van der Waals surface area contributed by atoms with Crippen LogP contribution in [0, 0.1) is 6.92 Å². The molecule has 8 heteroatoms. The van der Waals surface area contributed by atoms with Crippen molar-refractivity contribution >= 4 is 35.0 Å². The predicted molar refractivity (Wildman–Crippen MR) is 90.1 cm³/mol. The molecule has 1 atom stereocenters. The van der Waals surface area contributed by atoms with Gasteiger partial charge in [0.1, 0.15) is 11.8 Å². The smallest absolute Gasteiger partial charge is 0.322 e. The van der Waals surface area contributed by atoms with Crippen LogP contribution in [0.4, 0.5) is 16.3 Å². The number of carbonyl (C=O) groups is 2. The second-order valence-corrected chi connectivity index (χ2v) is 6.04. The molecule has 1 aliphatic heterocycles. The molecule has 2 aromatic rings. The third kappa shape index (κ3) is 3.68. The van der Waals surface area contributed by atoms with Gasteiger partial charge in [0.25, 0.3) is 0 Å². The van der Waals surface area contributed by atoms with Gasteiger partial charge < -0.3 is 20.1 Å². The Kier molecular flexibility index (Phi) is 4.71. The van der Waals surface area contributed by atoms with E-state index in [1.165, 1.54) is 4.90 Å². The zero-order valence-electron chi connectivity index (χ0n) is 13.1. The summed E-state index contributed by atoms with van der Waals surface area (Å²) in [7, 11) is 0. The van der Waals surface area contributed by atoms with Crippen LogP contribution < -0.4 is 10.6 Å². The zero-order valence-corrected chi connectivity index (χ0v) is 13.8. The van der Waals surface area contributed by atoms with Crippen LogP contribution in [0.15, 0.2) is 34.9 Å². The van der Waals surface area contributed by atoms with Gasteiger partial charge in [0.15, 0.2) is 5.82 Å². The summed E-state index contributed by atoms with van der Waals surface area (Å²) in [4.78, 5) is 26.4. The minimum atomic E-state index is -0.541. The summed E-state index contributed by atoms with van der Waals surface area (Å²) < 4.78 is 4.92. The number of rotatable bonds is 3. The first kappa shape index (κ1) is 16.3. The Morgan fingerprint density at radius 3 is 2.88 bits per heavy atom. The molecule has 126 valence electrons. The van der Waals surface area contributed by atoms with Crippen LogP contribution in [0.1, 0.15) is 18.6 Å². The van der Waals surface area contributed by atoms with E-state index in [1.807, 2.05) is 0 Å². The van der Waals surface area contributed by atoms with Gasteiger partial charge in [-0.3, -0.25) is 4.79 Å². The number of aryl methyl sites for hydroxylation is 1. The van der Waals surface area contributed by atoms with Crippen LogP contribution >= 0.6 is 11.6 Å². The van der Waals surface area contributed by atoms with Crippen LogP contribution in [0.3, 0.4) is 0 Å². The van der Waals surface area contributed by atoms with Crippen molar-refractivity contribution in [1.82, 2.24) is 10.1 Å². The van der Waals surface area contributed by atoms with Gasteiger partial charge in [0.2, 0.25) is 5.91 Å². The largest absolute Gasteiger partial charge is 0.360 e. The van der Waals surface area contributed by atoms with Crippen molar-refractivity contribution in [3.05, 3.63) is 41.1 Å². The number of halogens is 1. The average Bonchev–Trinajstić information content (AvgIpc) is 3.16. The maximum Gasteiger partial charge on any atom is 0.322 e. The molecule has 2 heterocycles. The first-order valence-electron chi connectivity index (χ1n) is 7.60. The Hall–Kier alpha value is -2.54. The number of hydrogen-bond acceptors (Lipinski definition) is 4. The number of anilines is 2. The number of carbonyl (C=O) groups excluding carboxylic acids is 2. The molecule has 7 nitrogen and oxygen atoms in total. The summed E-state index contributed by atoms with van der Waals surface area (Å²) in [5, 5.41) is 9.71. The van der Waals surface area contributed by atoms with E-state index in [0.29, 0.717) is 35.3 Å².